The minimum Gasteiger partial charge on any atom is -0.380 e. The highest BCUT2D eigenvalue weighted by Crippen LogP contribution is 2.27. The average molecular weight is 301 g/mol. The fourth-order valence-electron chi connectivity index (χ4n) is 2.69. The summed E-state index contributed by atoms with van der Waals surface area (Å²) in [6.45, 7) is 0.542. The molecule has 3 rings (SSSR count). The number of nitro benzene ring substituents is 1. The number of nitrogens with zero attached hydrogens (tertiary/aromatic N) is 1. The number of fused-ring (bicyclic) bond motifs is 1. The number of para-hydroxylation sites is 1. The molecular weight excluding hydrogens is 285 g/mol. The molecule has 1 aliphatic heterocycles. The number of nitrogens with one attached hydrogen (secondary N) is 2. The summed E-state index contributed by atoms with van der Waals surface area (Å²) in [6.07, 6.45) is 1.92. The fourth-order valence-corrected chi connectivity index (χ4v) is 2.69. The second-order valence-corrected chi connectivity index (χ2v) is 5.34. The highest BCUT2D eigenvalue weighted by Gasteiger charge is 2.19. The van der Waals surface area contributed by atoms with Crippen molar-refractivity contribution in [3.05, 3.63) is 64.0 Å². The molecule has 114 valence electrons. The zero-order chi connectivity index (χ0) is 15.5. The van der Waals surface area contributed by atoms with Crippen LogP contribution in [0, 0.1) is 15.9 Å². The molecule has 5 nitrogen and oxygen atoms in total. The molecule has 0 spiro atoms. The van der Waals surface area contributed by atoms with Gasteiger partial charge >= 0.3 is 0 Å². The molecule has 2 aromatic carbocycles. The lowest BCUT2D eigenvalue weighted by Crippen LogP contribution is -2.32. The molecular formula is C16H16FN3O2. The average Bonchev–Trinajstić information content (AvgIpc) is 2.53. The van der Waals surface area contributed by atoms with Crippen LogP contribution in [0.2, 0.25) is 0 Å². The Morgan fingerprint density at radius 3 is 2.95 bits per heavy atom. The van der Waals surface area contributed by atoms with Gasteiger partial charge in [-0.05, 0) is 36.6 Å². The summed E-state index contributed by atoms with van der Waals surface area (Å²) in [7, 11) is 0. The molecule has 0 radical (unpaired) electrons. The van der Waals surface area contributed by atoms with Crippen molar-refractivity contribution >= 4 is 17.1 Å². The summed E-state index contributed by atoms with van der Waals surface area (Å²) in [6, 6.07) is 11.9. The van der Waals surface area contributed by atoms with Crippen LogP contribution in [-0.4, -0.2) is 17.5 Å². The molecule has 0 saturated heterocycles. The fraction of sp³-hybridized carbons (Fsp3) is 0.250. The number of nitro groups is 1. The summed E-state index contributed by atoms with van der Waals surface area (Å²) < 4.78 is 13.1. The summed E-state index contributed by atoms with van der Waals surface area (Å²) in [4.78, 5) is 10.4. The Morgan fingerprint density at radius 2 is 2.14 bits per heavy atom. The van der Waals surface area contributed by atoms with Gasteiger partial charge < -0.3 is 10.6 Å². The van der Waals surface area contributed by atoms with E-state index in [1.807, 2.05) is 18.2 Å². The number of aryl methyl sites for hydroxylation is 1. The molecule has 1 atom stereocenters. The minimum absolute atomic E-state index is 0.180. The highest BCUT2D eigenvalue weighted by atomic mass is 19.1. The van der Waals surface area contributed by atoms with Crippen molar-refractivity contribution in [1.29, 1.82) is 0 Å². The van der Waals surface area contributed by atoms with E-state index in [1.165, 1.54) is 17.7 Å². The van der Waals surface area contributed by atoms with Crippen molar-refractivity contribution in [3.63, 3.8) is 0 Å². The molecule has 6 heteroatoms. The van der Waals surface area contributed by atoms with E-state index in [9.17, 15) is 14.5 Å². The van der Waals surface area contributed by atoms with E-state index in [0.29, 0.717) is 12.2 Å². The largest absolute Gasteiger partial charge is 0.380 e. The van der Waals surface area contributed by atoms with E-state index in [2.05, 4.69) is 16.7 Å². The van der Waals surface area contributed by atoms with Gasteiger partial charge in [-0.1, -0.05) is 18.2 Å². The van der Waals surface area contributed by atoms with E-state index in [0.717, 1.165) is 24.6 Å². The topological polar surface area (TPSA) is 67.2 Å². The second-order valence-electron chi connectivity index (χ2n) is 5.34. The van der Waals surface area contributed by atoms with Gasteiger partial charge in [0, 0.05) is 18.3 Å². The lowest BCUT2D eigenvalue weighted by molar-refractivity contribution is -0.384. The summed E-state index contributed by atoms with van der Waals surface area (Å²) in [5, 5.41) is 17.4. The van der Waals surface area contributed by atoms with Crippen LogP contribution in [0.15, 0.2) is 42.5 Å². The van der Waals surface area contributed by atoms with Gasteiger partial charge in [0.05, 0.1) is 11.0 Å². The maximum atomic E-state index is 13.1. The summed E-state index contributed by atoms with van der Waals surface area (Å²) in [5.41, 5.74) is 2.49. The van der Waals surface area contributed by atoms with Crippen LogP contribution >= 0.6 is 0 Å². The first kappa shape index (κ1) is 14.3. The van der Waals surface area contributed by atoms with E-state index in [1.54, 1.807) is 0 Å². The van der Waals surface area contributed by atoms with Crippen molar-refractivity contribution in [2.75, 3.05) is 17.2 Å². The first-order valence-corrected chi connectivity index (χ1v) is 7.16. The van der Waals surface area contributed by atoms with Gasteiger partial charge in [0.1, 0.15) is 11.5 Å². The maximum Gasteiger partial charge on any atom is 0.295 e. The Kier molecular flexibility index (Phi) is 3.91. The molecule has 0 amide bonds. The van der Waals surface area contributed by atoms with Crippen LogP contribution in [0.5, 0.6) is 0 Å². The lowest BCUT2D eigenvalue weighted by atomic mass is 9.98. The van der Waals surface area contributed by atoms with Crippen molar-refractivity contribution < 1.29 is 9.31 Å². The molecule has 0 aromatic heterocycles. The number of benzene rings is 2. The molecule has 2 N–H and O–H groups in total. The van der Waals surface area contributed by atoms with Crippen LogP contribution in [0.3, 0.4) is 0 Å². The normalized spacial score (nSPS) is 16.5. The summed E-state index contributed by atoms with van der Waals surface area (Å²) in [5.74, 6) is -0.609. The minimum atomic E-state index is -0.609. The third-order valence-corrected chi connectivity index (χ3v) is 3.83. The van der Waals surface area contributed by atoms with Crippen LogP contribution in [0.1, 0.15) is 12.0 Å². The van der Waals surface area contributed by atoms with E-state index in [4.69, 9.17) is 0 Å². The van der Waals surface area contributed by atoms with Crippen molar-refractivity contribution in [1.82, 2.24) is 0 Å². The molecule has 2 aromatic rings. The van der Waals surface area contributed by atoms with Crippen LogP contribution < -0.4 is 10.6 Å². The zero-order valence-electron chi connectivity index (χ0n) is 11.9. The van der Waals surface area contributed by atoms with Gasteiger partial charge in [-0.15, -0.1) is 0 Å². The van der Waals surface area contributed by atoms with Crippen molar-refractivity contribution in [3.8, 4) is 0 Å². The monoisotopic (exact) mass is 301 g/mol. The Labute approximate surface area is 127 Å². The maximum absolute atomic E-state index is 13.1. The Hall–Kier alpha value is -2.63. The standard InChI is InChI=1S/C16H16FN3O2/c17-12-6-8-15(16(9-12)20(21)22)18-10-13-7-5-11-3-1-2-4-14(11)19-13/h1-4,6,8-9,13,18-19H,5,7,10H2. The first-order valence-electron chi connectivity index (χ1n) is 7.16. The molecule has 0 aliphatic carbocycles. The second kappa shape index (κ2) is 6.01. The molecule has 1 heterocycles. The third kappa shape index (κ3) is 3.00. The van der Waals surface area contributed by atoms with Gasteiger partial charge in [-0.2, -0.15) is 0 Å². The number of hydrogen-bond acceptors (Lipinski definition) is 4. The smallest absolute Gasteiger partial charge is 0.295 e. The SMILES string of the molecule is O=[N+]([O-])c1cc(F)ccc1NCC1CCc2ccccc2N1. The summed E-state index contributed by atoms with van der Waals surface area (Å²) >= 11 is 0. The molecule has 1 unspecified atom stereocenters. The van der Waals surface area contributed by atoms with Gasteiger partial charge in [0.2, 0.25) is 0 Å². The van der Waals surface area contributed by atoms with Gasteiger partial charge in [0.15, 0.2) is 0 Å². The molecule has 0 saturated carbocycles. The van der Waals surface area contributed by atoms with E-state index < -0.39 is 10.7 Å². The van der Waals surface area contributed by atoms with Crippen LogP contribution in [-0.2, 0) is 6.42 Å². The third-order valence-electron chi connectivity index (χ3n) is 3.83. The molecule has 0 bridgehead atoms. The van der Waals surface area contributed by atoms with Gasteiger partial charge in [-0.3, -0.25) is 10.1 Å². The van der Waals surface area contributed by atoms with Gasteiger partial charge in [0.25, 0.3) is 5.69 Å². The number of anilines is 2. The molecule has 22 heavy (non-hydrogen) atoms. The number of halogens is 1. The number of hydrogen-bond donors (Lipinski definition) is 2. The highest BCUT2D eigenvalue weighted by molar-refractivity contribution is 5.62. The Balaban J connectivity index is 1.68. The van der Waals surface area contributed by atoms with E-state index >= 15 is 0 Å². The zero-order valence-corrected chi connectivity index (χ0v) is 11.9. The molecule has 0 fully saturated rings. The lowest BCUT2D eigenvalue weighted by Gasteiger charge is -2.27. The van der Waals surface area contributed by atoms with Gasteiger partial charge in [-0.25, -0.2) is 4.39 Å². The van der Waals surface area contributed by atoms with E-state index in [-0.39, 0.29) is 11.7 Å². The number of rotatable bonds is 4. The predicted octanol–water partition coefficient (Wildman–Crippen LogP) is 3.57. The Morgan fingerprint density at radius 1 is 1.32 bits per heavy atom. The first-order chi connectivity index (χ1) is 10.6. The Bertz CT molecular complexity index is 706. The molecule has 1 aliphatic rings. The quantitative estimate of drug-likeness (QED) is 0.669. The van der Waals surface area contributed by atoms with Crippen LogP contribution in [0.4, 0.5) is 21.5 Å². The van der Waals surface area contributed by atoms with Crippen LogP contribution in [0.25, 0.3) is 0 Å². The predicted molar refractivity (Wildman–Crippen MR) is 83.7 cm³/mol. The van der Waals surface area contributed by atoms with Crippen molar-refractivity contribution in [2.24, 2.45) is 0 Å². The van der Waals surface area contributed by atoms with Crippen molar-refractivity contribution in [2.45, 2.75) is 18.9 Å².